The molecular weight excluding hydrogens is 224 g/mol. The largest absolute Gasteiger partial charge is 0.508 e. The Bertz CT molecular complexity index is 728. The van der Waals surface area contributed by atoms with Crippen molar-refractivity contribution >= 4 is 11.0 Å². The van der Waals surface area contributed by atoms with Gasteiger partial charge in [0.15, 0.2) is 0 Å². The molecular formula is C15H14N2O. The number of nitrogens with one attached hydrogen (secondary N) is 1. The summed E-state index contributed by atoms with van der Waals surface area (Å²) in [5.41, 5.74) is 5.23. The Morgan fingerprint density at radius 2 is 1.89 bits per heavy atom. The van der Waals surface area contributed by atoms with Crippen LogP contribution in [0.25, 0.3) is 22.4 Å². The van der Waals surface area contributed by atoms with Crippen LogP contribution >= 0.6 is 0 Å². The summed E-state index contributed by atoms with van der Waals surface area (Å²) in [6.07, 6.45) is 0. The highest BCUT2D eigenvalue weighted by Crippen LogP contribution is 2.26. The first-order valence-corrected chi connectivity index (χ1v) is 5.90. The summed E-state index contributed by atoms with van der Waals surface area (Å²) >= 11 is 0. The van der Waals surface area contributed by atoms with E-state index >= 15 is 0 Å². The van der Waals surface area contributed by atoms with Crippen molar-refractivity contribution in [1.29, 1.82) is 0 Å². The average Bonchev–Trinajstić information content (AvgIpc) is 2.71. The van der Waals surface area contributed by atoms with Gasteiger partial charge in [-0.1, -0.05) is 6.07 Å². The molecule has 2 aromatic carbocycles. The first-order valence-electron chi connectivity index (χ1n) is 5.90. The lowest BCUT2D eigenvalue weighted by molar-refractivity contribution is 0.475. The zero-order valence-electron chi connectivity index (χ0n) is 10.4. The summed E-state index contributed by atoms with van der Waals surface area (Å²) in [5.74, 6) is 1.12. The third kappa shape index (κ3) is 1.74. The summed E-state index contributed by atoms with van der Waals surface area (Å²) in [6, 6.07) is 11.5. The SMILES string of the molecule is Cc1ccc2nc(-c3ccc(O)cc3C)[nH]c2c1. The Morgan fingerprint density at radius 1 is 1.06 bits per heavy atom. The van der Waals surface area contributed by atoms with E-state index in [1.165, 1.54) is 5.56 Å². The number of phenolic OH excluding ortho intramolecular Hbond substituents is 1. The second-order valence-electron chi connectivity index (χ2n) is 4.61. The van der Waals surface area contributed by atoms with Gasteiger partial charge in [0.25, 0.3) is 0 Å². The fourth-order valence-electron chi connectivity index (χ4n) is 2.16. The van der Waals surface area contributed by atoms with Gasteiger partial charge in [-0.05, 0) is 55.3 Å². The van der Waals surface area contributed by atoms with Crippen molar-refractivity contribution in [3.63, 3.8) is 0 Å². The number of H-pyrrole nitrogens is 1. The summed E-state index contributed by atoms with van der Waals surface area (Å²) in [4.78, 5) is 7.90. The van der Waals surface area contributed by atoms with Gasteiger partial charge in [-0.2, -0.15) is 0 Å². The van der Waals surface area contributed by atoms with Crippen molar-refractivity contribution in [3.05, 3.63) is 47.5 Å². The van der Waals surface area contributed by atoms with E-state index in [1.807, 2.05) is 19.1 Å². The minimum Gasteiger partial charge on any atom is -0.508 e. The highest BCUT2D eigenvalue weighted by molar-refractivity contribution is 5.80. The molecule has 90 valence electrons. The quantitative estimate of drug-likeness (QED) is 0.681. The molecule has 0 amide bonds. The molecule has 3 nitrogen and oxygen atoms in total. The minimum absolute atomic E-state index is 0.281. The highest BCUT2D eigenvalue weighted by atomic mass is 16.3. The molecule has 0 aliphatic rings. The molecule has 0 fully saturated rings. The van der Waals surface area contributed by atoms with Crippen LogP contribution < -0.4 is 0 Å². The zero-order chi connectivity index (χ0) is 12.7. The minimum atomic E-state index is 0.281. The van der Waals surface area contributed by atoms with Crippen LogP contribution in [-0.2, 0) is 0 Å². The molecule has 0 bridgehead atoms. The molecule has 0 saturated carbocycles. The molecule has 1 aromatic heterocycles. The fraction of sp³-hybridized carbons (Fsp3) is 0.133. The third-order valence-corrected chi connectivity index (χ3v) is 3.10. The van der Waals surface area contributed by atoms with Crippen LogP contribution in [-0.4, -0.2) is 15.1 Å². The molecule has 1 heterocycles. The number of aromatic nitrogens is 2. The van der Waals surface area contributed by atoms with Gasteiger partial charge in [0.05, 0.1) is 11.0 Å². The van der Waals surface area contributed by atoms with E-state index in [9.17, 15) is 5.11 Å². The lowest BCUT2D eigenvalue weighted by Gasteiger charge is -2.02. The molecule has 0 aliphatic carbocycles. The smallest absolute Gasteiger partial charge is 0.138 e. The molecule has 0 saturated heterocycles. The predicted molar refractivity (Wildman–Crippen MR) is 72.7 cm³/mol. The fourth-order valence-corrected chi connectivity index (χ4v) is 2.16. The number of fused-ring (bicyclic) bond motifs is 1. The van der Waals surface area contributed by atoms with Gasteiger partial charge in [0, 0.05) is 5.56 Å². The molecule has 0 spiro atoms. The van der Waals surface area contributed by atoms with Crippen molar-refractivity contribution in [2.24, 2.45) is 0 Å². The average molecular weight is 238 g/mol. The Hall–Kier alpha value is -2.29. The van der Waals surface area contributed by atoms with E-state index in [4.69, 9.17) is 0 Å². The maximum absolute atomic E-state index is 9.43. The maximum atomic E-state index is 9.43. The lowest BCUT2D eigenvalue weighted by atomic mass is 10.1. The molecule has 0 atom stereocenters. The Labute approximate surface area is 105 Å². The molecule has 0 aliphatic heterocycles. The summed E-state index contributed by atoms with van der Waals surface area (Å²) in [5, 5.41) is 9.43. The highest BCUT2D eigenvalue weighted by Gasteiger charge is 2.08. The monoisotopic (exact) mass is 238 g/mol. The number of nitrogens with zero attached hydrogens (tertiary/aromatic N) is 1. The van der Waals surface area contributed by atoms with Crippen molar-refractivity contribution in [1.82, 2.24) is 9.97 Å². The van der Waals surface area contributed by atoms with Gasteiger partial charge in [-0.15, -0.1) is 0 Å². The van der Waals surface area contributed by atoms with E-state index in [-0.39, 0.29) is 5.75 Å². The van der Waals surface area contributed by atoms with Crippen LogP contribution in [0.15, 0.2) is 36.4 Å². The van der Waals surface area contributed by atoms with E-state index in [0.717, 1.165) is 28.0 Å². The van der Waals surface area contributed by atoms with Gasteiger partial charge >= 0.3 is 0 Å². The molecule has 3 rings (SSSR count). The van der Waals surface area contributed by atoms with Crippen molar-refractivity contribution in [3.8, 4) is 17.1 Å². The van der Waals surface area contributed by atoms with Gasteiger partial charge in [-0.25, -0.2) is 4.98 Å². The number of hydrogen-bond donors (Lipinski definition) is 2. The maximum Gasteiger partial charge on any atom is 0.138 e. The number of phenols is 1. The third-order valence-electron chi connectivity index (χ3n) is 3.10. The summed E-state index contributed by atoms with van der Waals surface area (Å²) in [7, 11) is 0. The molecule has 0 unspecified atom stereocenters. The van der Waals surface area contributed by atoms with Crippen LogP contribution in [0.5, 0.6) is 5.75 Å². The van der Waals surface area contributed by atoms with E-state index in [2.05, 4.69) is 29.0 Å². The van der Waals surface area contributed by atoms with Crippen LogP contribution in [0.3, 0.4) is 0 Å². The topological polar surface area (TPSA) is 48.9 Å². The number of aryl methyl sites for hydroxylation is 2. The molecule has 18 heavy (non-hydrogen) atoms. The molecule has 0 radical (unpaired) electrons. The summed E-state index contributed by atoms with van der Waals surface area (Å²) < 4.78 is 0. The second-order valence-corrected chi connectivity index (χ2v) is 4.61. The van der Waals surface area contributed by atoms with Gasteiger partial charge in [0.1, 0.15) is 11.6 Å². The number of rotatable bonds is 1. The van der Waals surface area contributed by atoms with E-state index in [1.54, 1.807) is 12.1 Å². The van der Waals surface area contributed by atoms with Crippen molar-refractivity contribution < 1.29 is 5.11 Å². The standard InChI is InChI=1S/C15H14N2O/c1-9-3-6-13-14(7-9)17-15(16-13)12-5-4-11(18)8-10(12)2/h3-8,18H,1-2H3,(H,16,17). The van der Waals surface area contributed by atoms with Gasteiger partial charge in [-0.3, -0.25) is 0 Å². The Balaban J connectivity index is 2.19. The van der Waals surface area contributed by atoms with Crippen LogP contribution in [0, 0.1) is 13.8 Å². The zero-order valence-corrected chi connectivity index (χ0v) is 10.4. The Morgan fingerprint density at radius 3 is 2.67 bits per heavy atom. The second kappa shape index (κ2) is 3.88. The van der Waals surface area contributed by atoms with Crippen LogP contribution in [0.2, 0.25) is 0 Å². The number of aromatic hydroxyl groups is 1. The van der Waals surface area contributed by atoms with Crippen molar-refractivity contribution in [2.45, 2.75) is 13.8 Å². The normalized spacial score (nSPS) is 11.0. The van der Waals surface area contributed by atoms with E-state index < -0.39 is 0 Å². The number of benzene rings is 2. The molecule has 2 N–H and O–H groups in total. The van der Waals surface area contributed by atoms with Crippen molar-refractivity contribution in [2.75, 3.05) is 0 Å². The number of imidazole rings is 1. The number of hydrogen-bond acceptors (Lipinski definition) is 2. The lowest BCUT2D eigenvalue weighted by Crippen LogP contribution is -1.84. The first kappa shape index (κ1) is 10.8. The van der Waals surface area contributed by atoms with Gasteiger partial charge in [0.2, 0.25) is 0 Å². The molecule has 3 aromatic rings. The van der Waals surface area contributed by atoms with Crippen LogP contribution in [0.1, 0.15) is 11.1 Å². The first-order chi connectivity index (χ1) is 8.63. The molecule has 3 heteroatoms. The summed E-state index contributed by atoms with van der Waals surface area (Å²) in [6.45, 7) is 4.03. The van der Waals surface area contributed by atoms with Gasteiger partial charge < -0.3 is 10.1 Å². The number of aromatic amines is 1. The predicted octanol–water partition coefficient (Wildman–Crippen LogP) is 3.55. The van der Waals surface area contributed by atoms with E-state index in [0.29, 0.717) is 0 Å². The van der Waals surface area contributed by atoms with Crippen LogP contribution in [0.4, 0.5) is 0 Å². The Kier molecular flexibility index (Phi) is 2.33.